The number of nitrogens with zero attached hydrogens (tertiary/aromatic N) is 3. The molecule has 1 aliphatic heterocycles. The van der Waals surface area contributed by atoms with Crippen LogP contribution in [0.3, 0.4) is 0 Å². The van der Waals surface area contributed by atoms with E-state index in [-0.39, 0.29) is 18.2 Å². The van der Waals surface area contributed by atoms with Crippen molar-refractivity contribution in [2.24, 2.45) is 0 Å². The Morgan fingerprint density at radius 1 is 1.38 bits per heavy atom. The quantitative estimate of drug-likeness (QED) is 0.415. The lowest BCUT2D eigenvalue weighted by Gasteiger charge is -2.14. The Balaban J connectivity index is 1.41. The van der Waals surface area contributed by atoms with Crippen molar-refractivity contribution < 1.29 is 9.59 Å². The molecule has 136 valence electrons. The summed E-state index contributed by atoms with van der Waals surface area (Å²) in [6.07, 6.45) is 8.28. The highest BCUT2D eigenvalue weighted by atomic mass is 32.2. The first-order chi connectivity index (χ1) is 12.6. The Bertz CT molecular complexity index is 800. The number of aryl methyl sites for hydroxylation is 1. The molecule has 3 heterocycles. The number of thiophene rings is 1. The number of hydrogen-bond acceptors (Lipinski definition) is 6. The van der Waals surface area contributed by atoms with E-state index < -0.39 is 0 Å². The van der Waals surface area contributed by atoms with E-state index in [0.717, 1.165) is 17.8 Å². The number of nitrogens with one attached hydrogen (secondary N) is 1. The first-order valence-corrected chi connectivity index (χ1v) is 10.3. The molecular formula is C17H18N4O2S3. The summed E-state index contributed by atoms with van der Waals surface area (Å²) in [7, 11) is 0. The van der Waals surface area contributed by atoms with Gasteiger partial charge in [-0.05, 0) is 23.9 Å². The molecule has 0 aliphatic carbocycles. The van der Waals surface area contributed by atoms with Gasteiger partial charge in [-0.15, -0.1) is 11.3 Å². The van der Waals surface area contributed by atoms with Crippen molar-refractivity contribution in [1.29, 1.82) is 0 Å². The summed E-state index contributed by atoms with van der Waals surface area (Å²) in [5.74, 6) is -0.201. The fourth-order valence-electron chi connectivity index (χ4n) is 2.41. The topological polar surface area (TPSA) is 67.2 Å². The van der Waals surface area contributed by atoms with Crippen LogP contribution in [0.15, 0.2) is 41.1 Å². The van der Waals surface area contributed by atoms with Crippen LogP contribution in [0.25, 0.3) is 6.08 Å². The maximum absolute atomic E-state index is 12.5. The zero-order valence-corrected chi connectivity index (χ0v) is 16.4. The molecule has 9 heteroatoms. The van der Waals surface area contributed by atoms with Crippen molar-refractivity contribution in [2.75, 3.05) is 13.1 Å². The highest BCUT2D eigenvalue weighted by molar-refractivity contribution is 8.26. The fourth-order valence-corrected chi connectivity index (χ4v) is 4.44. The summed E-state index contributed by atoms with van der Waals surface area (Å²) < 4.78 is 2.47. The smallest absolute Gasteiger partial charge is 0.266 e. The van der Waals surface area contributed by atoms with Crippen molar-refractivity contribution in [3.63, 3.8) is 0 Å². The van der Waals surface area contributed by atoms with Gasteiger partial charge in [-0.25, -0.2) is 4.98 Å². The number of amides is 2. The standard InChI is InChI=1S/C17H18N4O2S3/c22-15(19-5-2-7-20-9-6-18-12-20)4-8-21-16(23)14(26-17(21)24)11-13-3-1-10-25-13/h1,3,6,9-12H,2,4-5,7-8H2,(H,19,22)/b14-11+. The second kappa shape index (κ2) is 9.11. The van der Waals surface area contributed by atoms with E-state index in [0.29, 0.717) is 22.3 Å². The highest BCUT2D eigenvalue weighted by Gasteiger charge is 2.32. The highest BCUT2D eigenvalue weighted by Crippen LogP contribution is 2.33. The SMILES string of the molecule is O=C(CCN1C(=O)/C(=C\c2cccs2)SC1=S)NCCCn1ccnc1. The lowest BCUT2D eigenvalue weighted by Crippen LogP contribution is -2.33. The Labute approximate surface area is 165 Å². The summed E-state index contributed by atoms with van der Waals surface area (Å²) in [6, 6.07) is 3.89. The number of thiocarbonyl (C=S) groups is 1. The van der Waals surface area contributed by atoms with Gasteiger partial charge in [0, 0.05) is 43.3 Å². The maximum Gasteiger partial charge on any atom is 0.266 e. The van der Waals surface area contributed by atoms with E-state index in [2.05, 4.69) is 10.3 Å². The Hall–Kier alpha value is -1.97. The molecule has 0 saturated carbocycles. The van der Waals surface area contributed by atoms with Gasteiger partial charge in [0.15, 0.2) is 0 Å². The molecule has 0 atom stereocenters. The van der Waals surface area contributed by atoms with Gasteiger partial charge in [-0.1, -0.05) is 30.0 Å². The zero-order valence-electron chi connectivity index (χ0n) is 14.0. The van der Waals surface area contributed by atoms with Crippen molar-refractivity contribution in [3.8, 4) is 0 Å². The van der Waals surface area contributed by atoms with Gasteiger partial charge in [-0.3, -0.25) is 14.5 Å². The molecule has 1 saturated heterocycles. The van der Waals surface area contributed by atoms with Crippen molar-refractivity contribution in [3.05, 3.63) is 46.0 Å². The van der Waals surface area contributed by atoms with Crippen molar-refractivity contribution in [2.45, 2.75) is 19.4 Å². The lowest BCUT2D eigenvalue weighted by atomic mass is 10.3. The van der Waals surface area contributed by atoms with E-state index in [1.165, 1.54) is 16.7 Å². The Morgan fingerprint density at radius 2 is 2.27 bits per heavy atom. The molecule has 0 spiro atoms. The molecule has 1 N–H and O–H groups in total. The van der Waals surface area contributed by atoms with Gasteiger partial charge in [0.25, 0.3) is 5.91 Å². The first kappa shape index (κ1) is 18.8. The molecule has 26 heavy (non-hydrogen) atoms. The summed E-state index contributed by atoms with van der Waals surface area (Å²) in [5, 5.41) is 4.83. The third-order valence-electron chi connectivity index (χ3n) is 3.73. The normalized spacial score (nSPS) is 15.8. The van der Waals surface area contributed by atoms with E-state index in [1.54, 1.807) is 23.9 Å². The monoisotopic (exact) mass is 406 g/mol. The maximum atomic E-state index is 12.5. The van der Waals surface area contributed by atoms with Crippen molar-refractivity contribution in [1.82, 2.24) is 19.8 Å². The van der Waals surface area contributed by atoms with Crippen LogP contribution in [-0.2, 0) is 16.1 Å². The predicted molar refractivity (Wildman–Crippen MR) is 109 cm³/mol. The van der Waals surface area contributed by atoms with Gasteiger partial charge in [-0.2, -0.15) is 0 Å². The minimum Gasteiger partial charge on any atom is -0.356 e. The fraction of sp³-hybridized carbons (Fsp3) is 0.294. The van der Waals surface area contributed by atoms with Crippen LogP contribution in [0.4, 0.5) is 0 Å². The van der Waals surface area contributed by atoms with Crippen LogP contribution in [0, 0.1) is 0 Å². The minimum atomic E-state index is -0.124. The lowest BCUT2D eigenvalue weighted by molar-refractivity contribution is -0.123. The number of carbonyl (C=O) groups excluding carboxylic acids is 2. The number of thioether (sulfide) groups is 1. The molecule has 1 aliphatic rings. The van der Waals surface area contributed by atoms with Crippen molar-refractivity contribution >= 4 is 57.5 Å². The first-order valence-electron chi connectivity index (χ1n) is 8.15. The van der Waals surface area contributed by atoms with Gasteiger partial charge in [0.05, 0.1) is 11.2 Å². The van der Waals surface area contributed by atoms with E-state index in [9.17, 15) is 9.59 Å². The van der Waals surface area contributed by atoms with Gasteiger partial charge in [0.2, 0.25) is 5.91 Å². The number of carbonyl (C=O) groups is 2. The molecule has 0 aromatic carbocycles. The van der Waals surface area contributed by atoms with E-state index >= 15 is 0 Å². The van der Waals surface area contributed by atoms with Crippen LogP contribution >= 0.6 is 35.3 Å². The molecule has 3 rings (SSSR count). The molecule has 2 aromatic heterocycles. The molecule has 1 fully saturated rings. The van der Waals surface area contributed by atoms with Gasteiger partial charge in [0.1, 0.15) is 4.32 Å². The van der Waals surface area contributed by atoms with Crippen LogP contribution in [0.5, 0.6) is 0 Å². The van der Waals surface area contributed by atoms with Crippen LogP contribution in [0.1, 0.15) is 17.7 Å². The van der Waals surface area contributed by atoms with Crippen LogP contribution in [0.2, 0.25) is 0 Å². The Kier molecular flexibility index (Phi) is 6.59. The largest absolute Gasteiger partial charge is 0.356 e. The second-order valence-electron chi connectivity index (χ2n) is 5.60. The van der Waals surface area contributed by atoms with Crippen LogP contribution in [-0.4, -0.2) is 43.7 Å². The second-order valence-corrected chi connectivity index (χ2v) is 8.26. The van der Waals surface area contributed by atoms with Gasteiger partial charge >= 0.3 is 0 Å². The summed E-state index contributed by atoms with van der Waals surface area (Å²) in [5.41, 5.74) is 0. The third kappa shape index (κ3) is 5.03. The molecule has 2 aromatic rings. The van der Waals surface area contributed by atoms with Crippen LogP contribution < -0.4 is 5.32 Å². The zero-order chi connectivity index (χ0) is 18.4. The number of aromatic nitrogens is 2. The summed E-state index contributed by atoms with van der Waals surface area (Å²) in [4.78, 5) is 31.5. The molecule has 0 unspecified atom stereocenters. The average molecular weight is 407 g/mol. The number of hydrogen-bond donors (Lipinski definition) is 1. The minimum absolute atomic E-state index is 0.0769. The Morgan fingerprint density at radius 3 is 3.00 bits per heavy atom. The molecule has 2 amide bonds. The van der Waals surface area contributed by atoms with Gasteiger partial charge < -0.3 is 9.88 Å². The molecule has 0 radical (unpaired) electrons. The third-order valence-corrected chi connectivity index (χ3v) is 5.92. The average Bonchev–Trinajstić information content (AvgIpc) is 3.35. The van der Waals surface area contributed by atoms with E-state index in [4.69, 9.17) is 12.2 Å². The predicted octanol–water partition coefficient (Wildman–Crippen LogP) is 2.74. The summed E-state index contributed by atoms with van der Waals surface area (Å²) >= 11 is 8.14. The summed E-state index contributed by atoms with van der Waals surface area (Å²) in [6.45, 7) is 1.70. The molecule has 6 nitrogen and oxygen atoms in total. The number of rotatable bonds is 8. The number of imidazole rings is 1. The molecular weight excluding hydrogens is 388 g/mol. The molecule has 0 bridgehead atoms. The van der Waals surface area contributed by atoms with E-state index in [1.807, 2.05) is 34.4 Å².